The standard InChI is InChI=1S/C35H36N4O4/c1-22(2)19-23(3)38-33(40)26-15-18-29(31(20-26)35(42)43-21-24-9-5-4-6-10-24)28-11-7-8-12-30(28)34(41)39-27-16-13-25(14-17-27)32(36)37/h4-18,20,22-23H,19,21H2,1-3H3,(H3,36,37)(H,38,40)(H,39,41). The normalized spacial score (nSPS) is 11.4. The molecule has 0 aliphatic heterocycles. The molecule has 4 aromatic carbocycles. The van der Waals surface area contributed by atoms with E-state index in [4.69, 9.17) is 15.9 Å². The molecule has 0 aromatic heterocycles. The van der Waals surface area contributed by atoms with Crippen LogP contribution in [0.2, 0.25) is 0 Å². The molecule has 1 unspecified atom stereocenters. The summed E-state index contributed by atoms with van der Waals surface area (Å²) in [4.78, 5) is 40.1. The maximum Gasteiger partial charge on any atom is 0.339 e. The highest BCUT2D eigenvalue weighted by Gasteiger charge is 2.22. The van der Waals surface area contributed by atoms with Crippen LogP contribution in [0.3, 0.4) is 0 Å². The molecule has 1 atom stereocenters. The number of esters is 1. The van der Waals surface area contributed by atoms with Gasteiger partial charge in [0.15, 0.2) is 0 Å². The van der Waals surface area contributed by atoms with Gasteiger partial charge in [0.2, 0.25) is 0 Å². The van der Waals surface area contributed by atoms with Crippen LogP contribution in [-0.4, -0.2) is 29.7 Å². The zero-order valence-corrected chi connectivity index (χ0v) is 24.5. The van der Waals surface area contributed by atoms with Crippen molar-refractivity contribution in [1.82, 2.24) is 5.32 Å². The summed E-state index contributed by atoms with van der Waals surface area (Å²) in [6, 6.07) is 27.7. The van der Waals surface area contributed by atoms with Crippen LogP contribution in [0.15, 0.2) is 97.1 Å². The predicted molar refractivity (Wildman–Crippen MR) is 169 cm³/mol. The minimum Gasteiger partial charge on any atom is -0.457 e. The molecule has 43 heavy (non-hydrogen) atoms. The number of carbonyl (C=O) groups excluding carboxylic acids is 3. The van der Waals surface area contributed by atoms with Crippen LogP contribution in [0.1, 0.15) is 69.4 Å². The quantitative estimate of drug-likeness (QED) is 0.0930. The van der Waals surface area contributed by atoms with Gasteiger partial charge in [-0.2, -0.15) is 0 Å². The van der Waals surface area contributed by atoms with Crippen LogP contribution >= 0.6 is 0 Å². The first kappa shape index (κ1) is 30.7. The molecule has 5 N–H and O–H groups in total. The lowest BCUT2D eigenvalue weighted by atomic mass is 9.93. The number of nitrogen functional groups attached to an aromatic ring is 1. The summed E-state index contributed by atoms with van der Waals surface area (Å²) in [6.45, 7) is 6.18. The van der Waals surface area contributed by atoms with Gasteiger partial charge in [0, 0.05) is 28.4 Å². The average molecular weight is 577 g/mol. The molecular weight excluding hydrogens is 540 g/mol. The van der Waals surface area contributed by atoms with E-state index in [0.717, 1.165) is 12.0 Å². The van der Waals surface area contributed by atoms with Gasteiger partial charge in [-0.15, -0.1) is 0 Å². The van der Waals surface area contributed by atoms with Crippen molar-refractivity contribution in [3.63, 3.8) is 0 Å². The van der Waals surface area contributed by atoms with E-state index in [1.165, 1.54) is 6.07 Å². The topological polar surface area (TPSA) is 134 Å². The monoisotopic (exact) mass is 576 g/mol. The summed E-state index contributed by atoms with van der Waals surface area (Å²) in [5.41, 5.74) is 9.22. The average Bonchev–Trinajstić information content (AvgIpc) is 3.00. The molecule has 0 saturated heterocycles. The van der Waals surface area contributed by atoms with E-state index in [2.05, 4.69) is 24.5 Å². The van der Waals surface area contributed by atoms with Crippen molar-refractivity contribution in [2.45, 2.75) is 39.8 Å². The molecule has 8 heteroatoms. The third-order valence-electron chi connectivity index (χ3n) is 6.83. The largest absolute Gasteiger partial charge is 0.457 e. The SMILES string of the molecule is CC(C)CC(C)NC(=O)c1ccc(-c2ccccc2C(=O)Nc2ccc(C(=N)N)cc2)c(C(=O)OCc2ccccc2)c1. The fraction of sp³-hybridized carbons (Fsp3) is 0.200. The Morgan fingerprint density at radius 2 is 1.40 bits per heavy atom. The highest BCUT2D eigenvalue weighted by Crippen LogP contribution is 2.30. The van der Waals surface area contributed by atoms with Gasteiger partial charge in [-0.25, -0.2) is 4.79 Å². The van der Waals surface area contributed by atoms with Crippen LogP contribution in [-0.2, 0) is 11.3 Å². The van der Waals surface area contributed by atoms with Crippen molar-refractivity contribution in [3.05, 3.63) is 125 Å². The molecule has 0 heterocycles. The zero-order chi connectivity index (χ0) is 30.9. The number of hydrogen-bond donors (Lipinski definition) is 4. The van der Waals surface area contributed by atoms with Crippen molar-refractivity contribution in [3.8, 4) is 11.1 Å². The van der Waals surface area contributed by atoms with Crippen molar-refractivity contribution in [2.24, 2.45) is 11.7 Å². The number of nitrogens with two attached hydrogens (primary N) is 1. The molecule has 4 rings (SSSR count). The number of ether oxygens (including phenoxy) is 1. The number of benzene rings is 4. The van der Waals surface area contributed by atoms with Crippen LogP contribution in [0.25, 0.3) is 11.1 Å². The molecule has 4 aromatic rings. The summed E-state index contributed by atoms with van der Waals surface area (Å²) in [5, 5.41) is 13.4. The van der Waals surface area contributed by atoms with Gasteiger partial charge in [-0.1, -0.05) is 68.4 Å². The second-order valence-electron chi connectivity index (χ2n) is 10.8. The zero-order valence-electron chi connectivity index (χ0n) is 24.5. The second-order valence-corrected chi connectivity index (χ2v) is 10.8. The van der Waals surface area contributed by atoms with Crippen LogP contribution < -0.4 is 16.4 Å². The molecule has 0 radical (unpaired) electrons. The highest BCUT2D eigenvalue weighted by atomic mass is 16.5. The van der Waals surface area contributed by atoms with E-state index >= 15 is 0 Å². The minimum atomic E-state index is -0.612. The van der Waals surface area contributed by atoms with Crippen LogP contribution in [0.5, 0.6) is 0 Å². The lowest BCUT2D eigenvalue weighted by Gasteiger charge is -2.18. The Hall–Kier alpha value is -5.24. The third-order valence-corrected chi connectivity index (χ3v) is 6.83. The predicted octanol–water partition coefficient (Wildman–Crippen LogP) is 6.41. The van der Waals surface area contributed by atoms with E-state index in [0.29, 0.717) is 39.4 Å². The van der Waals surface area contributed by atoms with Gasteiger partial charge >= 0.3 is 5.97 Å². The Bertz CT molecular complexity index is 1610. The van der Waals surface area contributed by atoms with E-state index in [1.807, 2.05) is 37.3 Å². The summed E-state index contributed by atoms with van der Waals surface area (Å²) < 4.78 is 5.67. The first-order valence-electron chi connectivity index (χ1n) is 14.1. The number of carbonyl (C=O) groups is 3. The van der Waals surface area contributed by atoms with Crippen LogP contribution in [0, 0.1) is 11.3 Å². The second kappa shape index (κ2) is 14.1. The van der Waals surface area contributed by atoms with Gasteiger partial charge in [0.1, 0.15) is 12.4 Å². The molecule has 0 bridgehead atoms. The van der Waals surface area contributed by atoms with Gasteiger partial charge in [0.05, 0.1) is 5.56 Å². The molecule has 220 valence electrons. The molecule has 0 fully saturated rings. The van der Waals surface area contributed by atoms with Crippen LogP contribution in [0.4, 0.5) is 5.69 Å². The molecule has 0 spiro atoms. The number of amidine groups is 1. The number of hydrogen-bond acceptors (Lipinski definition) is 5. The molecule has 0 aliphatic carbocycles. The maximum atomic E-state index is 13.5. The highest BCUT2D eigenvalue weighted by molar-refractivity contribution is 6.11. The number of amides is 2. The van der Waals surface area contributed by atoms with Crippen molar-refractivity contribution in [1.29, 1.82) is 5.41 Å². The molecule has 8 nitrogen and oxygen atoms in total. The first-order valence-corrected chi connectivity index (χ1v) is 14.1. The lowest BCUT2D eigenvalue weighted by molar-refractivity contribution is 0.0473. The van der Waals surface area contributed by atoms with Gasteiger partial charge in [0.25, 0.3) is 11.8 Å². The van der Waals surface area contributed by atoms with Crippen molar-refractivity contribution >= 4 is 29.3 Å². The lowest BCUT2D eigenvalue weighted by Crippen LogP contribution is -2.33. The summed E-state index contributed by atoms with van der Waals surface area (Å²) in [7, 11) is 0. The van der Waals surface area contributed by atoms with Crippen molar-refractivity contribution < 1.29 is 19.1 Å². The molecular formula is C35H36N4O4. The Labute approximate surface area is 251 Å². The molecule has 0 saturated carbocycles. The van der Waals surface area contributed by atoms with E-state index < -0.39 is 5.97 Å². The molecule has 2 amide bonds. The number of anilines is 1. The Morgan fingerprint density at radius 1 is 0.767 bits per heavy atom. The Kier molecular flexibility index (Phi) is 10.1. The fourth-order valence-corrected chi connectivity index (χ4v) is 4.81. The minimum absolute atomic E-state index is 0.0467. The van der Waals surface area contributed by atoms with Gasteiger partial charge < -0.3 is 21.1 Å². The van der Waals surface area contributed by atoms with Gasteiger partial charge in [-0.3, -0.25) is 15.0 Å². The smallest absolute Gasteiger partial charge is 0.339 e. The maximum absolute atomic E-state index is 13.5. The number of rotatable bonds is 11. The Balaban J connectivity index is 1.68. The van der Waals surface area contributed by atoms with E-state index in [1.54, 1.807) is 60.7 Å². The summed E-state index contributed by atoms with van der Waals surface area (Å²) in [6.07, 6.45) is 0.815. The van der Waals surface area contributed by atoms with Gasteiger partial charge in [-0.05, 0) is 78.4 Å². The summed E-state index contributed by atoms with van der Waals surface area (Å²) in [5.74, 6) is -0.952. The Morgan fingerprint density at radius 3 is 2.07 bits per heavy atom. The third kappa shape index (κ3) is 8.16. The van der Waals surface area contributed by atoms with Crippen molar-refractivity contribution in [2.75, 3.05) is 5.32 Å². The first-order chi connectivity index (χ1) is 20.6. The molecule has 0 aliphatic rings. The van der Waals surface area contributed by atoms with E-state index in [-0.39, 0.29) is 35.9 Å². The van der Waals surface area contributed by atoms with E-state index in [9.17, 15) is 14.4 Å². The summed E-state index contributed by atoms with van der Waals surface area (Å²) >= 11 is 0. The fourth-order valence-electron chi connectivity index (χ4n) is 4.81. The number of nitrogens with one attached hydrogen (secondary N) is 3.